The summed E-state index contributed by atoms with van der Waals surface area (Å²) in [5.74, 6) is -4.60. The fourth-order valence-electron chi connectivity index (χ4n) is 0.414. The zero-order valence-corrected chi connectivity index (χ0v) is 6.05. The number of rotatable bonds is 4. The van der Waals surface area contributed by atoms with Gasteiger partial charge in [0.05, 0.1) is 0 Å². The molecular formula is C7H7O4. The summed E-state index contributed by atoms with van der Waals surface area (Å²) in [7, 11) is 0. The predicted octanol–water partition coefficient (Wildman–Crippen LogP) is -0.493. The summed E-state index contributed by atoms with van der Waals surface area (Å²) in [6.07, 6.45) is -0.0716. The number of carbonyl (C=O) groups is 4. The van der Waals surface area contributed by atoms with Crippen molar-refractivity contribution in [2.24, 2.45) is 0 Å². The lowest BCUT2D eigenvalue weighted by Gasteiger charge is -1.90. The molecule has 0 N–H and O–H groups in total. The second-order valence-corrected chi connectivity index (χ2v) is 1.86. The highest BCUT2D eigenvalue weighted by Gasteiger charge is 2.24. The third kappa shape index (κ3) is 2.41. The van der Waals surface area contributed by atoms with E-state index in [1.165, 1.54) is 6.92 Å². The van der Waals surface area contributed by atoms with Gasteiger partial charge in [-0.3, -0.25) is 19.2 Å². The molecule has 0 amide bonds. The van der Waals surface area contributed by atoms with Crippen LogP contribution in [0.4, 0.5) is 0 Å². The molecule has 1 radical (unpaired) electrons. The zero-order valence-electron chi connectivity index (χ0n) is 6.05. The van der Waals surface area contributed by atoms with E-state index >= 15 is 0 Å². The Kier molecular flexibility index (Phi) is 3.30. The van der Waals surface area contributed by atoms with Gasteiger partial charge in [-0.15, -0.1) is 0 Å². The Labute approximate surface area is 63.6 Å². The second kappa shape index (κ2) is 3.75. The van der Waals surface area contributed by atoms with E-state index in [2.05, 4.69) is 6.92 Å². The first-order valence-corrected chi connectivity index (χ1v) is 2.98. The number of carbonyl (C=O) groups excluding carboxylic acids is 4. The van der Waals surface area contributed by atoms with Gasteiger partial charge in [0.25, 0.3) is 11.6 Å². The first kappa shape index (κ1) is 9.68. The van der Waals surface area contributed by atoms with E-state index in [0.29, 0.717) is 0 Å². The van der Waals surface area contributed by atoms with Gasteiger partial charge < -0.3 is 0 Å². The standard InChI is InChI=1S/C7H7O4/c1-3-5(9)7(11)6(10)4(2)8/h2-3H2,1H3. The molecule has 0 saturated carbocycles. The van der Waals surface area contributed by atoms with Gasteiger partial charge >= 0.3 is 0 Å². The van der Waals surface area contributed by atoms with Gasteiger partial charge in [0.2, 0.25) is 11.6 Å². The van der Waals surface area contributed by atoms with Gasteiger partial charge in [0, 0.05) is 13.3 Å². The molecule has 0 aromatic carbocycles. The van der Waals surface area contributed by atoms with Crippen LogP contribution in [0.3, 0.4) is 0 Å². The van der Waals surface area contributed by atoms with E-state index in [1.807, 2.05) is 0 Å². The highest BCUT2D eigenvalue weighted by atomic mass is 16.2. The average molecular weight is 155 g/mol. The fourth-order valence-corrected chi connectivity index (χ4v) is 0.414. The summed E-state index contributed by atoms with van der Waals surface area (Å²) < 4.78 is 0. The number of ketones is 4. The molecule has 4 nitrogen and oxygen atoms in total. The molecule has 0 fully saturated rings. The van der Waals surface area contributed by atoms with E-state index < -0.39 is 23.1 Å². The SMILES string of the molecule is [CH2]C(=O)C(=O)C(=O)C(=O)CC. The highest BCUT2D eigenvalue weighted by molar-refractivity contribution is 6.78. The lowest BCUT2D eigenvalue weighted by atomic mass is 10.1. The van der Waals surface area contributed by atoms with Gasteiger partial charge in [-0.05, 0) is 0 Å². The summed E-state index contributed by atoms with van der Waals surface area (Å²) in [5.41, 5.74) is 0. The van der Waals surface area contributed by atoms with Crippen molar-refractivity contribution < 1.29 is 19.2 Å². The van der Waals surface area contributed by atoms with Gasteiger partial charge in [0.15, 0.2) is 0 Å². The van der Waals surface area contributed by atoms with Crippen molar-refractivity contribution >= 4 is 23.1 Å². The monoisotopic (exact) mass is 155 g/mol. The lowest BCUT2D eigenvalue weighted by Crippen LogP contribution is -2.28. The summed E-state index contributed by atoms with van der Waals surface area (Å²) in [6, 6.07) is 0. The van der Waals surface area contributed by atoms with Crippen LogP contribution in [0.5, 0.6) is 0 Å². The Morgan fingerprint density at radius 3 is 1.82 bits per heavy atom. The molecule has 0 aromatic rings. The maximum atomic E-state index is 10.6. The van der Waals surface area contributed by atoms with Crippen LogP contribution >= 0.6 is 0 Å². The fraction of sp³-hybridized carbons (Fsp3) is 0.286. The highest BCUT2D eigenvalue weighted by Crippen LogP contribution is 1.86. The lowest BCUT2D eigenvalue weighted by molar-refractivity contribution is -0.147. The third-order valence-corrected chi connectivity index (χ3v) is 1.03. The Hall–Kier alpha value is -1.32. The van der Waals surface area contributed by atoms with Crippen LogP contribution in [-0.2, 0) is 19.2 Å². The van der Waals surface area contributed by atoms with Crippen molar-refractivity contribution in [3.8, 4) is 0 Å². The second-order valence-electron chi connectivity index (χ2n) is 1.86. The maximum absolute atomic E-state index is 10.6. The van der Waals surface area contributed by atoms with Crippen molar-refractivity contribution in [3.05, 3.63) is 6.92 Å². The van der Waals surface area contributed by atoms with Crippen molar-refractivity contribution in [3.63, 3.8) is 0 Å². The Morgan fingerprint density at radius 2 is 1.55 bits per heavy atom. The van der Waals surface area contributed by atoms with E-state index in [-0.39, 0.29) is 6.42 Å². The largest absolute Gasteiger partial charge is 0.290 e. The van der Waals surface area contributed by atoms with Crippen LogP contribution in [0.25, 0.3) is 0 Å². The Bertz CT molecular complexity index is 227. The van der Waals surface area contributed by atoms with E-state index in [9.17, 15) is 19.2 Å². The first-order valence-electron chi connectivity index (χ1n) is 2.98. The van der Waals surface area contributed by atoms with Gasteiger partial charge in [-0.1, -0.05) is 6.92 Å². The molecule has 4 heteroatoms. The summed E-state index contributed by atoms with van der Waals surface area (Å²) in [6.45, 7) is 4.15. The molecule has 0 atom stereocenters. The zero-order chi connectivity index (χ0) is 9.02. The summed E-state index contributed by atoms with van der Waals surface area (Å²) in [4.78, 5) is 41.7. The van der Waals surface area contributed by atoms with Crippen LogP contribution in [0.2, 0.25) is 0 Å². The molecule has 0 aromatic heterocycles. The predicted molar refractivity (Wildman–Crippen MR) is 35.7 cm³/mol. The van der Waals surface area contributed by atoms with Gasteiger partial charge in [0.1, 0.15) is 0 Å². The van der Waals surface area contributed by atoms with Gasteiger partial charge in [-0.2, -0.15) is 0 Å². The van der Waals surface area contributed by atoms with Crippen LogP contribution in [0.15, 0.2) is 0 Å². The third-order valence-electron chi connectivity index (χ3n) is 1.03. The van der Waals surface area contributed by atoms with Crippen molar-refractivity contribution in [2.75, 3.05) is 0 Å². The average Bonchev–Trinajstić information content (AvgIpc) is 2.00. The number of hydrogen-bond donors (Lipinski definition) is 0. The van der Waals surface area contributed by atoms with E-state index in [0.717, 1.165) is 0 Å². The number of Topliss-reactive ketones (excluding diaryl/α,β-unsaturated/α-hetero) is 4. The van der Waals surface area contributed by atoms with Crippen LogP contribution in [0, 0.1) is 6.92 Å². The topological polar surface area (TPSA) is 68.3 Å². The Morgan fingerprint density at radius 1 is 1.09 bits per heavy atom. The molecule has 0 bridgehead atoms. The molecule has 0 aliphatic heterocycles. The summed E-state index contributed by atoms with van der Waals surface area (Å²) in [5, 5.41) is 0. The molecule has 0 saturated heterocycles. The van der Waals surface area contributed by atoms with Crippen molar-refractivity contribution in [1.82, 2.24) is 0 Å². The minimum Gasteiger partial charge on any atom is -0.290 e. The van der Waals surface area contributed by atoms with Gasteiger partial charge in [-0.25, -0.2) is 0 Å². The van der Waals surface area contributed by atoms with Crippen LogP contribution < -0.4 is 0 Å². The molecule has 59 valence electrons. The molecule has 0 heterocycles. The van der Waals surface area contributed by atoms with E-state index in [1.54, 1.807) is 0 Å². The normalized spacial score (nSPS) is 8.91. The first-order chi connectivity index (χ1) is 5.00. The molecule has 0 unspecified atom stereocenters. The molecule has 0 spiro atoms. The smallest absolute Gasteiger partial charge is 0.272 e. The molecule has 0 aliphatic rings. The summed E-state index contributed by atoms with van der Waals surface area (Å²) >= 11 is 0. The van der Waals surface area contributed by atoms with Crippen molar-refractivity contribution in [2.45, 2.75) is 13.3 Å². The van der Waals surface area contributed by atoms with Crippen LogP contribution in [-0.4, -0.2) is 23.1 Å². The molecule has 0 aliphatic carbocycles. The van der Waals surface area contributed by atoms with E-state index in [4.69, 9.17) is 0 Å². The minimum atomic E-state index is -1.34. The quantitative estimate of drug-likeness (QED) is 0.405. The Balaban J connectivity index is 4.39. The molecule has 11 heavy (non-hydrogen) atoms. The molecular weight excluding hydrogens is 148 g/mol. The molecule has 0 rings (SSSR count). The number of hydrogen-bond acceptors (Lipinski definition) is 4. The van der Waals surface area contributed by atoms with Crippen molar-refractivity contribution in [1.29, 1.82) is 0 Å². The van der Waals surface area contributed by atoms with Crippen LogP contribution in [0.1, 0.15) is 13.3 Å². The minimum absolute atomic E-state index is 0.0716. The maximum Gasteiger partial charge on any atom is 0.272 e.